The van der Waals surface area contributed by atoms with Crippen LogP contribution in [0.3, 0.4) is 0 Å². The molecular weight excluding hydrogens is 258 g/mol. The molecule has 0 atom stereocenters. The second-order valence-electron chi connectivity index (χ2n) is 4.22. The molecule has 0 unspecified atom stereocenters. The predicted octanol–water partition coefficient (Wildman–Crippen LogP) is 3.52. The van der Waals surface area contributed by atoms with Gasteiger partial charge in [-0.05, 0) is 19.4 Å². The number of nitro groups is 1. The van der Waals surface area contributed by atoms with Crippen LogP contribution in [-0.4, -0.2) is 16.5 Å². The fourth-order valence-electron chi connectivity index (χ4n) is 1.81. The van der Waals surface area contributed by atoms with Crippen LogP contribution in [0.15, 0.2) is 36.7 Å². The lowest BCUT2D eigenvalue weighted by molar-refractivity contribution is -0.385. The van der Waals surface area contributed by atoms with Gasteiger partial charge in [-0.3, -0.25) is 15.1 Å². The third kappa shape index (κ3) is 3.03. The molecule has 1 N–H and O–H groups in total. The molecule has 1 aromatic heterocycles. The van der Waals surface area contributed by atoms with Crippen molar-refractivity contribution in [2.24, 2.45) is 0 Å². The van der Waals surface area contributed by atoms with Gasteiger partial charge in [-0.2, -0.15) is 0 Å². The Balaban J connectivity index is 2.34. The molecule has 0 amide bonds. The van der Waals surface area contributed by atoms with Gasteiger partial charge in [-0.25, -0.2) is 0 Å². The van der Waals surface area contributed by atoms with E-state index in [1.54, 1.807) is 31.3 Å². The van der Waals surface area contributed by atoms with Gasteiger partial charge in [0, 0.05) is 18.7 Å². The molecule has 6 nitrogen and oxygen atoms in total. The van der Waals surface area contributed by atoms with Crippen LogP contribution in [0, 0.1) is 17.0 Å². The number of hydrogen-bond acceptors (Lipinski definition) is 5. The van der Waals surface area contributed by atoms with Crippen LogP contribution in [-0.2, 0) is 0 Å². The molecule has 20 heavy (non-hydrogen) atoms. The van der Waals surface area contributed by atoms with Crippen molar-refractivity contribution in [2.75, 3.05) is 11.9 Å². The van der Waals surface area contributed by atoms with Crippen molar-refractivity contribution < 1.29 is 9.66 Å². The highest BCUT2D eigenvalue weighted by molar-refractivity contribution is 5.54. The number of aryl methyl sites for hydroxylation is 1. The van der Waals surface area contributed by atoms with Gasteiger partial charge in [0.2, 0.25) is 5.75 Å². The van der Waals surface area contributed by atoms with E-state index >= 15 is 0 Å². The van der Waals surface area contributed by atoms with Gasteiger partial charge in [0.15, 0.2) is 0 Å². The average molecular weight is 273 g/mol. The summed E-state index contributed by atoms with van der Waals surface area (Å²) in [5.41, 5.74) is 1.45. The first-order valence-electron chi connectivity index (χ1n) is 6.22. The molecule has 0 fully saturated rings. The highest BCUT2D eigenvalue weighted by atomic mass is 16.6. The lowest BCUT2D eigenvalue weighted by Gasteiger charge is -2.10. The van der Waals surface area contributed by atoms with Crippen LogP contribution in [0.2, 0.25) is 0 Å². The summed E-state index contributed by atoms with van der Waals surface area (Å²) < 4.78 is 5.64. The monoisotopic (exact) mass is 273 g/mol. The number of hydrogen-bond donors (Lipinski definition) is 1. The molecule has 0 spiro atoms. The zero-order valence-corrected chi connectivity index (χ0v) is 11.3. The zero-order chi connectivity index (χ0) is 14.5. The Morgan fingerprint density at radius 3 is 2.90 bits per heavy atom. The number of anilines is 1. The van der Waals surface area contributed by atoms with Crippen LogP contribution in [0.25, 0.3) is 0 Å². The molecular formula is C14H15N3O3. The number of nitrogens with one attached hydrogen (secondary N) is 1. The summed E-state index contributed by atoms with van der Waals surface area (Å²) >= 11 is 0. The van der Waals surface area contributed by atoms with E-state index in [2.05, 4.69) is 10.3 Å². The first-order valence-corrected chi connectivity index (χ1v) is 6.22. The summed E-state index contributed by atoms with van der Waals surface area (Å²) in [7, 11) is 0. The Morgan fingerprint density at radius 2 is 2.20 bits per heavy atom. The minimum Gasteiger partial charge on any atom is -0.448 e. The molecule has 0 saturated heterocycles. The van der Waals surface area contributed by atoms with Crippen molar-refractivity contribution in [3.63, 3.8) is 0 Å². The third-order valence-corrected chi connectivity index (χ3v) is 2.70. The first-order chi connectivity index (χ1) is 9.61. The van der Waals surface area contributed by atoms with Gasteiger partial charge in [0.05, 0.1) is 23.0 Å². The van der Waals surface area contributed by atoms with Gasteiger partial charge in [-0.15, -0.1) is 0 Å². The van der Waals surface area contributed by atoms with Crippen molar-refractivity contribution in [1.29, 1.82) is 0 Å². The summed E-state index contributed by atoms with van der Waals surface area (Å²) in [5.74, 6) is 0.703. The van der Waals surface area contributed by atoms with Gasteiger partial charge in [0.25, 0.3) is 0 Å². The first kappa shape index (κ1) is 13.8. The van der Waals surface area contributed by atoms with Crippen molar-refractivity contribution in [2.45, 2.75) is 13.8 Å². The van der Waals surface area contributed by atoms with Gasteiger partial charge in [0.1, 0.15) is 5.75 Å². The Labute approximate surface area is 116 Å². The van der Waals surface area contributed by atoms with E-state index in [1.165, 1.54) is 12.3 Å². The fourth-order valence-corrected chi connectivity index (χ4v) is 1.81. The smallest absolute Gasteiger partial charge is 0.311 e. The number of nitrogens with zero attached hydrogens (tertiary/aromatic N) is 2. The van der Waals surface area contributed by atoms with E-state index in [-0.39, 0.29) is 11.4 Å². The summed E-state index contributed by atoms with van der Waals surface area (Å²) in [4.78, 5) is 14.6. The minimum atomic E-state index is -0.454. The van der Waals surface area contributed by atoms with E-state index in [1.807, 2.05) is 6.92 Å². The Morgan fingerprint density at radius 1 is 1.40 bits per heavy atom. The van der Waals surface area contributed by atoms with E-state index in [4.69, 9.17) is 4.74 Å². The second-order valence-corrected chi connectivity index (χ2v) is 4.22. The molecule has 2 rings (SSSR count). The molecule has 0 aliphatic carbocycles. The highest BCUT2D eigenvalue weighted by Crippen LogP contribution is 2.34. The molecule has 1 aromatic carbocycles. The van der Waals surface area contributed by atoms with E-state index in [9.17, 15) is 10.1 Å². The van der Waals surface area contributed by atoms with E-state index < -0.39 is 4.92 Å². The average Bonchev–Trinajstić information content (AvgIpc) is 2.41. The predicted molar refractivity (Wildman–Crippen MR) is 76.3 cm³/mol. The second kappa shape index (κ2) is 6.01. The van der Waals surface area contributed by atoms with E-state index in [0.717, 1.165) is 12.2 Å². The lowest BCUT2D eigenvalue weighted by atomic mass is 10.2. The topological polar surface area (TPSA) is 77.3 Å². The van der Waals surface area contributed by atoms with Crippen LogP contribution in [0.4, 0.5) is 11.4 Å². The maximum Gasteiger partial charge on any atom is 0.311 e. The van der Waals surface area contributed by atoms with Gasteiger partial charge >= 0.3 is 5.69 Å². The fraction of sp³-hybridized carbons (Fsp3) is 0.214. The molecule has 1 heterocycles. The normalized spacial score (nSPS) is 10.1. The third-order valence-electron chi connectivity index (χ3n) is 2.70. The van der Waals surface area contributed by atoms with Gasteiger partial charge < -0.3 is 10.1 Å². The standard InChI is InChI=1S/C14H15N3O3/c1-3-16-11-7-12(9-15-8-11)20-14-10(2)5-4-6-13(14)17(18)19/h4-9,16H,3H2,1-2H3. The summed E-state index contributed by atoms with van der Waals surface area (Å²) in [5, 5.41) is 14.1. The Hall–Kier alpha value is -2.63. The molecule has 0 aliphatic rings. The number of aromatic nitrogens is 1. The highest BCUT2D eigenvalue weighted by Gasteiger charge is 2.17. The summed E-state index contributed by atoms with van der Waals surface area (Å²) in [6.07, 6.45) is 3.19. The number of benzene rings is 1. The molecule has 104 valence electrons. The molecule has 0 aliphatic heterocycles. The zero-order valence-electron chi connectivity index (χ0n) is 11.3. The molecule has 0 radical (unpaired) electrons. The number of ether oxygens (including phenoxy) is 1. The maximum atomic E-state index is 11.0. The van der Waals surface area contributed by atoms with Crippen LogP contribution in [0.5, 0.6) is 11.5 Å². The number of nitro benzene ring substituents is 1. The largest absolute Gasteiger partial charge is 0.448 e. The van der Waals surface area contributed by atoms with Crippen molar-refractivity contribution in [3.05, 3.63) is 52.3 Å². The molecule has 0 saturated carbocycles. The van der Waals surface area contributed by atoms with Crippen LogP contribution in [0.1, 0.15) is 12.5 Å². The lowest BCUT2D eigenvalue weighted by Crippen LogP contribution is -1.99. The van der Waals surface area contributed by atoms with Crippen molar-refractivity contribution in [1.82, 2.24) is 4.98 Å². The number of para-hydroxylation sites is 1. The van der Waals surface area contributed by atoms with Gasteiger partial charge in [-0.1, -0.05) is 12.1 Å². The molecule has 6 heteroatoms. The SMILES string of the molecule is CCNc1cncc(Oc2c(C)cccc2[N+](=O)[O-])c1. The number of pyridine rings is 1. The minimum absolute atomic E-state index is 0.0566. The van der Waals surface area contributed by atoms with Crippen molar-refractivity contribution in [3.8, 4) is 11.5 Å². The molecule has 0 bridgehead atoms. The number of rotatable bonds is 5. The van der Waals surface area contributed by atoms with E-state index in [0.29, 0.717) is 11.3 Å². The quantitative estimate of drug-likeness (QED) is 0.666. The Kier molecular flexibility index (Phi) is 4.14. The Bertz CT molecular complexity index is 629. The summed E-state index contributed by atoms with van der Waals surface area (Å²) in [6, 6.07) is 6.58. The molecule has 2 aromatic rings. The van der Waals surface area contributed by atoms with Crippen molar-refractivity contribution >= 4 is 11.4 Å². The summed E-state index contributed by atoms with van der Waals surface area (Å²) in [6.45, 7) is 4.50. The van der Waals surface area contributed by atoms with Crippen LogP contribution < -0.4 is 10.1 Å². The maximum absolute atomic E-state index is 11.0. The van der Waals surface area contributed by atoms with Crippen LogP contribution >= 0.6 is 0 Å².